The van der Waals surface area contributed by atoms with Gasteiger partial charge >= 0.3 is 0 Å². The first-order chi connectivity index (χ1) is 11.2. The van der Waals surface area contributed by atoms with E-state index in [-0.39, 0.29) is 5.91 Å². The topological polar surface area (TPSA) is 96.7 Å². The second-order valence-electron chi connectivity index (χ2n) is 4.79. The average molecular weight is 349 g/mol. The Morgan fingerprint density at radius 1 is 1.52 bits per heavy atom. The highest BCUT2D eigenvalue weighted by molar-refractivity contribution is 7.99. The number of aromatic nitrogens is 4. The number of aryl methyl sites for hydroxylation is 1. The normalized spacial score (nSPS) is 10.8. The van der Waals surface area contributed by atoms with Crippen LogP contribution in [0.2, 0.25) is 0 Å². The van der Waals surface area contributed by atoms with Gasteiger partial charge in [-0.15, -0.1) is 16.4 Å². The zero-order valence-corrected chi connectivity index (χ0v) is 14.0. The molecule has 1 amide bonds. The molecule has 0 unspecified atom stereocenters. The maximum Gasteiger partial charge on any atom is 0.226 e. The molecule has 2 N–H and O–H groups in total. The number of H-pyrrole nitrogens is 1. The first kappa shape index (κ1) is 15.8. The van der Waals surface area contributed by atoms with E-state index in [2.05, 4.69) is 31.7 Å². The molecule has 0 spiro atoms. The van der Waals surface area contributed by atoms with Crippen LogP contribution in [-0.4, -0.2) is 32.0 Å². The lowest BCUT2D eigenvalue weighted by molar-refractivity contribution is -0.115. The van der Waals surface area contributed by atoms with Crippen molar-refractivity contribution in [2.45, 2.75) is 24.9 Å². The number of hydrogen-bond donors (Lipinski definition) is 2. The number of carbonyl (C=O) groups excluding carboxylic acids is 1. The summed E-state index contributed by atoms with van der Waals surface area (Å²) in [6.07, 6.45) is 1.10. The number of carbonyl (C=O) groups is 1. The van der Waals surface area contributed by atoms with Crippen LogP contribution >= 0.6 is 23.1 Å². The summed E-state index contributed by atoms with van der Waals surface area (Å²) in [6, 6.07) is 5.76. The van der Waals surface area contributed by atoms with Gasteiger partial charge in [0.25, 0.3) is 0 Å². The van der Waals surface area contributed by atoms with Crippen LogP contribution in [-0.2, 0) is 11.2 Å². The highest BCUT2D eigenvalue weighted by Gasteiger charge is 2.09. The first-order valence-electron chi connectivity index (χ1n) is 6.98. The van der Waals surface area contributed by atoms with Crippen molar-refractivity contribution in [3.8, 4) is 0 Å². The van der Waals surface area contributed by atoms with Crippen LogP contribution in [0.3, 0.4) is 0 Å². The summed E-state index contributed by atoms with van der Waals surface area (Å²) in [5, 5.41) is 16.2. The van der Waals surface area contributed by atoms with E-state index in [1.54, 1.807) is 24.3 Å². The smallest absolute Gasteiger partial charge is 0.226 e. The minimum atomic E-state index is -0.111. The third-order valence-electron chi connectivity index (χ3n) is 2.89. The maximum absolute atomic E-state index is 11.8. The van der Waals surface area contributed by atoms with E-state index in [4.69, 9.17) is 4.52 Å². The molecule has 0 aliphatic carbocycles. The quantitative estimate of drug-likeness (QED) is 0.637. The Balaban J connectivity index is 1.42. The van der Waals surface area contributed by atoms with Gasteiger partial charge in [-0.2, -0.15) is 0 Å². The number of thiophene rings is 1. The molecule has 3 rings (SSSR count). The molecule has 9 heteroatoms. The fourth-order valence-corrected chi connectivity index (χ4v) is 3.33. The van der Waals surface area contributed by atoms with E-state index in [0.717, 1.165) is 12.2 Å². The molecule has 0 bridgehead atoms. The number of nitrogens with zero attached hydrogens (tertiary/aromatic N) is 3. The van der Waals surface area contributed by atoms with Crippen molar-refractivity contribution in [2.24, 2.45) is 0 Å². The van der Waals surface area contributed by atoms with Gasteiger partial charge in [0, 0.05) is 29.5 Å². The number of thioether (sulfide) groups is 1. The zero-order chi connectivity index (χ0) is 16.1. The highest BCUT2D eigenvalue weighted by atomic mass is 32.2. The predicted molar refractivity (Wildman–Crippen MR) is 88.7 cm³/mol. The molecule has 120 valence electrons. The van der Waals surface area contributed by atoms with E-state index in [9.17, 15) is 4.79 Å². The molecule has 3 aromatic heterocycles. The summed E-state index contributed by atoms with van der Waals surface area (Å²) in [7, 11) is 0. The number of amides is 1. The number of hydrogen-bond acceptors (Lipinski definition) is 7. The second kappa shape index (κ2) is 7.42. The molecule has 0 aromatic carbocycles. The van der Waals surface area contributed by atoms with Gasteiger partial charge in [-0.3, -0.25) is 9.89 Å². The number of anilines is 1. The van der Waals surface area contributed by atoms with E-state index in [1.807, 2.05) is 11.4 Å². The molecular formula is C14H15N5O2S2. The molecule has 0 radical (unpaired) electrons. The van der Waals surface area contributed by atoms with Crippen LogP contribution in [0.5, 0.6) is 0 Å². The van der Waals surface area contributed by atoms with E-state index >= 15 is 0 Å². The molecule has 3 aromatic rings. The van der Waals surface area contributed by atoms with Crippen molar-refractivity contribution in [3.05, 3.63) is 40.0 Å². The summed E-state index contributed by atoms with van der Waals surface area (Å²) < 4.78 is 4.89. The highest BCUT2D eigenvalue weighted by Crippen LogP contribution is 2.17. The molecule has 0 saturated heterocycles. The third kappa shape index (κ3) is 4.67. The van der Waals surface area contributed by atoms with Crippen molar-refractivity contribution >= 4 is 34.8 Å². The Labute approximate surface area is 140 Å². The lowest BCUT2D eigenvalue weighted by Gasteiger charge is -1.99. The molecule has 0 atom stereocenters. The summed E-state index contributed by atoms with van der Waals surface area (Å²) in [5.41, 5.74) is 0. The maximum atomic E-state index is 11.8. The Morgan fingerprint density at radius 2 is 2.43 bits per heavy atom. The van der Waals surface area contributed by atoms with Crippen molar-refractivity contribution in [2.75, 3.05) is 11.1 Å². The number of aromatic amines is 1. The zero-order valence-electron chi connectivity index (χ0n) is 12.4. The Morgan fingerprint density at radius 3 is 3.17 bits per heavy atom. The lowest BCUT2D eigenvalue weighted by atomic mass is 10.3. The Kier molecular flexibility index (Phi) is 5.09. The van der Waals surface area contributed by atoms with Crippen LogP contribution in [0.1, 0.15) is 22.9 Å². The summed E-state index contributed by atoms with van der Waals surface area (Å²) in [5.74, 6) is 2.42. The molecule has 0 aliphatic heterocycles. The Bertz CT molecular complexity index is 766. The van der Waals surface area contributed by atoms with Gasteiger partial charge in [0.05, 0.1) is 0 Å². The fraction of sp³-hybridized carbons (Fsp3) is 0.286. The van der Waals surface area contributed by atoms with Gasteiger partial charge in [0.15, 0.2) is 5.82 Å². The molecule has 3 heterocycles. The first-order valence-corrected chi connectivity index (χ1v) is 8.85. The molecule has 7 nitrogen and oxygen atoms in total. The largest absolute Gasteiger partial charge is 0.360 e. The predicted octanol–water partition coefficient (Wildman–Crippen LogP) is 2.87. The number of rotatable bonds is 7. The summed E-state index contributed by atoms with van der Waals surface area (Å²) in [6.45, 7) is 1.77. The minimum Gasteiger partial charge on any atom is -0.360 e. The Hall–Kier alpha value is -2.13. The second-order valence-corrected chi connectivity index (χ2v) is 6.88. The van der Waals surface area contributed by atoms with E-state index in [0.29, 0.717) is 28.9 Å². The van der Waals surface area contributed by atoms with Crippen LogP contribution in [0.15, 0.2) is 33.3 Å². The molecular weight excluding hydrogens is 334 g/mol. The SMILES string of the molecule is Cc1cc(NC(=O)CCSc2n[nH]c(Cc3cccs3)n2)no1. The third-order valence-corrected chi connectivity index (χ3v) is 4.61. The average Bonchev–Trinajstić information content (AvgIpc) is 3.24. The van der Waals surface area contributed by atoms with Crippen LogP contribution < -0.4 is 5.32 Å². The summed E-state index contributed by atoms with van der Waals surface area (Å²) >= 11 is 3.13. The van der Waals surface area contributed by atoms with E-state index in [1.165, 1.54) is 16.6 Å². The molecule has 0 fully saturated rings. The van der Waals surface area contributed by atoms with E-state index < -0.39 is 0 Å². The van der Waals surface area contributed by atoms with Crippen LogP contribution in [0, 0.1) is 6.92 Å². The van der Waals surface area contributed by atoms with Gasteiger partial charge in [-0.25, -0.2) is 4.98 Å². The van der Waals surface area contributed by atoms with Gasteiger partial charge in [-0.05, 0) is 18.4 Å². The van der Waals surface area contributed by atoms with Crippen molar-refractivity contribution in [1.29, 1.82) is 0 Å². The molecule has 23 heavy (non-hydrogen) atoms. The standard InChI is InChI=1S/C14H15N5O2S2/c1-9-7-12(19-21-9)15-13(20)4-6-23-14-16-11(17-18-14)8-10-3-2-5-22-10/h2-3,5,7H,4,6,8H2,1H3,(H,15,19,20)(H,16,17,18). The van der Waals surface area contributed by atoms with Crippen molar-refractivity contribution < 1.29 is 9.32 Å². The van der Waals surface area contributed by atoms with Crippen LogP contribution in [0.4, 0.5) is 5.82 Å². The molecule has 0 aliphatic rings. The van der Waals surface area contributed by atoms with Gasteiger partial charge in [0.1, 0.15) is 11.6 Å². The monoisotopic (exact) mass is 349 g/mol. The van der Waals surface area contributed by atoms with Gasteiger partial charge in [-0.1, -0.05) is 23.0 Å². The lowest BCUT2D eigenvalue weighted by Crippen LogP contribution is -2.12. The van der Waals surface area contributed by atoms with Crippen molar-refractivity contribution in [3.63, 3.8) is 0 Å². The number of nitrogens with one attached hydrogen (secondary N) is 2. The van der Waals surface area contributed by atoms with Gasteiger partial charge in [0.2, 0.25) is 11.1 Å². The fourth-order valence-electron chi connectivity index (χ4n) is 1.87. The van der Waals surface area contributed by atoms with Crippen molar-refractivity contribution in [1.82, 2.24) is 20.3 Å². The summed E-state index contributed by atoms with van der Waals surface area (Å²) in [4.78, 5) is 17.4. The minimum absolute atomic E-state index is 0.111. The van der Waals surface area contributed by atoms with Gasteiger partial charge < -0.3 is 9.84 Å². The molecule has 0 saturated carbocycles. The van der Waals surface area contributed by atoms with Crippen LogP contribution in [0.25, 0.3) is 0 Å².